The Morgan fingerprint density at radius 2 is 1.52 bits per heavy atom. The number of halogens is 1. The molecule has 0 atom stereocenters. The van der Waals surface area contributed by atoms with E-state index in [-0.39, 0.29) is 5.82 Å². The van der Waals surface area contributed by atoms with Gasteiger partial charge in [0.1, 0.15) is 5.82 Å². The van der Waals surface area contributed by atoms with Crippen molar-refractivity contribution in [2.24, 2.45) is 4.99 Å². The topological polar surface area (TPSA) is 12.4 Å². The molecular formula is C22H18FNS. The summed E-state index contributed by atoms with van der Waals surface area (Å²) in [6.45, 7) is 2.16. The molecule has 0 bridgehead atoms. The van der Waals surface area contributed by atoms with E-state index in [4.69, 9.17) is 0 Å². The Balaban J connectivity index is 1.88. The average molecular weight is 347 g/mol. The molecule has 0 amide bonds. The van der Waals surface area contributed by atoms with Gasteiger partial charge in [0, 0.05) is 5.56 Å². The van der Waals surface area contributed by atoms with E-state index in [1.54, 1.807) is 18.2 Å². The number of hydrogen-bond donors (Lipinski definition) is 0. The Kier molecular flexibility index (Phi) is 5.49. The SMILES string of the molecule is CCCc1ccc(-c2ccc(-c3ccc(N=C=S)cc3)c(F)c2)cc1. The summed E-state index contributed by atoms with van der Waals surface area (Å²) < 4.78 is 14.6. The van der Waals surface area contributed by atoms with Crippen LogP contribution < -0.4 is 0 Å². The van der Waals surface area contributed by atoms with Crippen LogP contribution in [-0.4, -0.2) is 5.16 Å². The predicted molar refractivity (Wildman–Crippen MR) is 106 cm³/mol. The van der Waals surface area contributed by atoms with Crippen LogP contribution in [0.3, 0.4) is 0 Å². The molecule has 124 valence electrons. The van der Waals surface area contributed by atoms with Crippen molar-refractivity contribution >= 4 is 23.1 Å². The molecule has 3 heteroatoms. The van der Waals surface area contributed by atoms with Gasteiger partial charge in [0.25, 0.3) is 0 Å². The Labute approximate surface area is 152 Å². The smallest absolute Gasteiger partial charge is 0.131 e. The highest BCUT2D eigenvalue weighted by Crippen LogP contribution is 2.29. The number of nitrogens with zero attached hydrogens (tertiary/aromatic N) is 1. The largest absolute Gasteiger partial charge is 0.206 e. The van der Waals surface area contributed by atoms with Crippen molar-refractivity contribution in [3.8, 4) is 22.3 Å². The fraction of sp³-hybridized carbons (Fsp3) is 0.136. The van der Waals surface area contributed by atoms with Crippen molar-refractivity contribution in [3.63, 3.8) is 0 Å². The summed E-state index contributed by atoms with van der Waals surface area (Å²) in [5.41, 5.74) is 5.31. The maximum atomic E-state index is 14.6. The van der Waals surface area contributed by atoms with Gasteiger partial charge in [-0.25, -0.2) is 4.39 Å². The molecule has 0 aliphatic carbocycles. The van der Waals surface area contributed by atoms with Crippen LogP contribution in [0.25, 0.3) is 22.3 Å². The first-order valence-corrected chi connectivity index (χ1v) is 8.69. The molecule has 0 heterocycles. The third kappa shape index (κ3) is 4.08. The summed E-state index contributed by atoms with van der Waals surface area (Å²) in [4.78, 5) is 3.91. The summed E-state index contributed by atoms with van der Waals surface area (Å²) in [6.07, 6.45) is 2.19. The molecule has 1 nitrogen and oxygen atoms in total. The fourth-order valence-corrected chi connectivity index (χ4v) is 2.95. The molecule has 3 rings (SSSR count). The molecule has 0 unspecified atom stereocenters. The van der Waals surface area contributed by atoms with Crippen LogP contribution in [-0.2, 0) is 6.42 Å². The lowest BCUT2D eigenvalue weighted by atomic mass is 9.98. The van der Waals surface area contributed by atoms with Crippen molar-refractivity contribution in [1.29, 1.82) is 0 Å². The number of aryl methyl sites for hydroxylation is 1. The Bertz CT molecular complexity index is 908. The summed E-state index contributed by atoms with van der Waals surface area (Å²) in [5, 5.41) is 2.33. The minimum absolute atomic E-state index is 0.235. The quantitative estimate of drug-likeness (QED) is 0.363. The van der Waals surface area contributed by atoms with Gasteiger partial charge in [0.05, 0.1) is 10.8 Å². The molecule has 3 aromatic carbocycles. The van der Waals surface area contributed by atoms with Crippen molar-refractivity contribution < 1.29 is 4.39 Å². The van der Waals surface area contributed by atoms with Gasteiger partial charge in [-0.15, -0.1) is 0 Å². The minimum Gasteiger partial charge on any atom is -0.206 e. The molecule has 25 heavy (non-hydrogen) atoms. The number of isothiocyanates is 1. The van der Waals surface area contributed by atoms with Gasteiger partial charge in [0.2, 0.25) is 0 Å². The summed E-state index contributed by atoms with van der Waals surface area (Å²) in [5.74, 6) is -0.235. The second kappa shape index (κ2) is 7.98. The standard InChI is InChI=1S/C22H18FNS/c1-2-3-16-4-6-17(7-5-16)19-10-13-21(22(23)14-19)18-8-11-20(12-9-18)24-15-25/h4-14H,2-3H2,1H3. The normalized spacial score (nSPS) is 10.3. The lowest BCUT2D eigenvalue weighted by Gasteiger charge is -2.08. The van der Waals surface area contributed by atoms with Gasteiger partial charge in [-0.1, -0.05) is 61.9 Å². The minimum atomic E-state index is -0.235. The first kappa shape index (κ1) is 17.2. The van der Waals surface area contributed by atoms with Crippen LogP contribution in [0.2, 0.25) is 0 Å². The predicted octanol–water partition coefficient (Wildman–Crippen LogP) is 6.85. The van der Waals surface area contributed by atoms with Gasteiger partial charge >= 0.3 is 0 Å². The van der Waals surface area contributed by atoms with Crippen molar-refractivity contribution in [1.82, 2.24) is 0 Å². The number of aliphatic imine (C=N–C) groups is 1. The van der Waals surface area contributed by atoms with E-state index in [0.717, 1.165) is 29.5 Å². The van der Waals surface area contributed by atoms with E-state index in [1.165, 1.54) is 5.56 Å². The third-order valence-electron chi connectivity index (χ3n) is 4.15. The number of thiocarbonyl (C=S) groups is 1. The highest BCUT2D eigenvalue weighted by Gasteiger charge is 2.08. The molecule has 0 saturated heterocycles. The van der Waals surface area contributed by atoms with Gasteiger partial charge in [-0.05, 0) is 59.1 Å². The molecule has 0 aliphatic heterocycles. The van der Waals surface area contributed by atoms with Gasteiger partial charge in [-0.3, -0.25) is 0 Å². The van der Waals surface area contributed by atoms with Gasteiger partial charge in [-0.2, -0.15) is 4.99 Å². The lowest BCUT2D eigenvalue weighted by Crippen LogP contribution is -1.88. The number of rotatable bonds is 5. The average Bonchev–Trinajstić information content (AvgIpc) is 2.64. The summed E-state index contributed by atoms with van der Waals surface area (Å²) in [6, 6.07) is 21.0. The zero-order valence-electron chi connectivity index (χ0n) is 14.0. The van der Waals surface area contributed by atoms with E-state index in [2.05, 4.69) is 53.6 Å². The highest BCUT2D eigenvalue weighted by molar-refractivity contribution is 7.78. The molecule has 0 saturated carbocycles. The van der Waals surface area contributed by atoms with Crippen LogP contribution in [0.1, 0.15) is 18.9 Å². The Morgan fingerprint density at radius 1 is 0.880 bits per heavy atom. The van der Waals surface area contributed by atoms with Crippen LogP contribution in [0, 0.1) is 5.82 Å². The van der Waals surface area contributed by atoms with E-state index in [1.807, 2.05) is 24.3 Å². The molecule has 0 N–H and O–H groups in total. The zero-order valence-corrected chi connectivity index (χ0v) is 14.8. The second-order valence-corrected chi connectivity index (χ2v) is 6.07. The van der Waals surface area contributed by atoms with Crippen molar-refractivity contribution in [2.45, 2.75) is 19.8 Å². The molecule has 0 aliphatic rings. The molecular weight excluding hydrogens is 329 g/mol. The first-order valence-electron chi connectivity index (χ1n) is 8.28. The van der Waals surface area contributed by atoms with Crippen LogP contribution in [0.15, 0.2) is 71.7 Å². The number of benzene rings is 3. The summed E-state index contributed by atoms with van der Waals surface area (Å²) in [7, 11) is 0. The fourth-order valence-electron chi connectivity index (χ4n) is 2.85. The second-order valence-electron chi connectivity index (χ2n) is 5.89. The van der Waals surface area contributed by atoms with Crippen molar-refractivity contribution in [3.05, 3.63) is 78.1 Å². The van der Waals surface area contributed by atoms with Gasteiger partial charge in [0.15, 0.2) is 0 Å². The summed E-state index contributed by atoms with van der Waals surface area (Å²) >= 11 is 4.59. The third-order valence-corrected chi connectivity index (χ3v) is 4.24. The monoisotopic (exact) mass is 347 g/mol. The lowest BCUT2D eigenvalue weighted by molar-refractivity contribution is 0.632. The van der Waals surface area contributed by atoms with E-state index in [9.17, 15) is 4.39 Å². The van der Waals surface area contributed by atoms with Gasteiger partial charge < -0.3 is 0 Å². The van der Waals surface area contributed by atoms with E-state index >= 15 is 0 Å². The highest BCUT2D eigenvalue weighted by atomic mass is 32.1. The van der Waals surface area contributed by atoms with E-state index < -0.39 is 0 Å². The Hall–Kier alpha value is -2.61. The van der Waals surface area contributed by atoms with Crippen molar-refractivity contribution in [2.75, 3.05) is 0 Å². The molecule has 0 spiro atoms. The van der Waals surface area contributed by atoms with Crippen LogP contribution in [0.5, 0.6) is 0 Å². The molecule has 3 aromatic rings. The molecule has 0 fully saturated rings. The van der Waals surface area contributed by atoms with Crippen LogP contribution in [0.4, 0.5) is 10.1 Å². The number of hydrogen-bond acceptors (Lipinski definition) is 2. The van der Waals surface area contributed by atoms with E-state index in [0.29, 0.717) is 11.3 Å². The van der Waals surface area contributed by atoms with Crippen LogP contribution >= 0.6 is 12.2 Å². The maximum Gasteiger partial charge on any atom is 0.131 e. The maximum absolute atomic E-state index is 14.6. The molecule has 0 aromatic heterocycles. The zero-order chi connectivity index (χ0) is 17.6. The Morgan fingerprint density at radius 3 is 2.12 bits per heavy atom. The first-order chi connectivity index (χ1) is 12.2. The molecule has 0 radical (unpaired) electrons.